The molecular formula is C9H11BrN2. The maximum absolute atomic E-state index is 3.44. The van der Waals surface area contributed by atoms with Crippen LogP contribution in [0.4, 0.5) is 11.4 Å². The van der Waals surface area contributed by atoms with E-state index in [0.717, 1.165) is 11.0 Å². The fraction of sp³-hybridized carbons (Fsp3) is 0.333. The number of rotatable bonds is 0. The van der Waals surface area contributed by atoms with Crippen LogP contribution in [0.3, 0.4) is 0 Å². The van der Waals surface area contributed by atoms with Gasteiger partial charge in [0.25, 0.3) is 0 Å². The van der Waals surface area contributed by atoms with Crippen LogP contribution in [0.15, 0.2) is 22.7 Å². The highest BCUT2D eigenvalue weighted by molar-refractivity contribution is 9.10. The minimum Gasteiger partial charge on any atom is -0.381 e. The van der Waals surface area contributed by atoms with E-state index in [0.29, 0.717) is 6.04 Å². The standard InChI is InChI=1S/C9H11BrN2/c1-6-5-11-9-4-7(10)2-3-8(9)12-6/h2-4,6,11-12H,5H2,1H3. The number of anilines is 2. The first-order valence-electron chi connectivity index (χ1n) is 4.05. The van der Waals surface area contributed by atoms with E-state index >= 15 is 0 Å². The van der Waals surface area contributed by atoms with E-state index in [2.05, 4.69) is 45.6 Å². The molecule has 1 heterocycles. The third kappa shape index (κ3) is 1.41. The van der Waals surface area contributed by atoms with Crippen molar-refractivity contribution >= 4 is 27.3 Å². The summed E-state index contributed by atoms with van der Waals surface area (Å²) >= 11 is 3.44. The van der Waals surface area contributed by atoms with Gasteiger partial charge in [0.1, 0.15) is 0 Å². The van der Waals surface area contributed by atoms with Crippen molar-refractivity contribution in [2.24, 2.45) is 0 Å². The van der Waals surface area contributed by atoms with E-state index in [4.69, 9.17) is 0 Å². The number of nitrogens with one attached hydrogen (secondary N) is 2. The van der Waals surface area contributed by atoms with Crippen LogP contribution in [-0.4, -0.2) is 12.6 Å². The minimum absolute atomic E-state index is 0.513. The molecule has 1 aliphatic heterocycles. The molecular weight excluding hydrogens is 216 g/mol. The van der Waals surface area contributed by atoms with Gasteiger partial charge in [0.05, 0.1) is 11.4 Å². The van der Waals surface area contributed by atoms with Crippen LogP contribution in [0.1, 0.15) is 6.92 Å². The molecule has 0 saturated carbocycles. The van der Waals surface area contributed by atoms with Gasteiger partial charge in [-0.1, -0.05) is 15.9 Å². The summed E-state index contributed by atoms with van der Waals surface area (Å²) in [6.07, 6.45) is 0. The second-order valence-electron chi connectivity index (χ2n) is 3.12. The van der Waals surface area contributed by atoms with Crippen molar-refractivity contribution in [2.45, 2.75) is 13.0 Å². The molecule has 0 saturated heterocycles. The lowest BCUT2D eigenvalue weighted by Gasteiger charge is -2.25. The number of benzene rings is 1. The maximum atomic E-state index is 3.44. The first-order chi connectivity index (χ1) is 5.75. The van der Waals surface area contributed by atoms with Crippen LogP contribution in [0.25, 0.3) is 0 Å². The van der Waals surface area contributed by atoms with Crippen molar-refractivity contribution in [3.63, 3.8) is 0 Å². The van der Waals surface area contributed by atoms with Crippen LogP contribution in [0.5, 0.6) is 0 Å². The molecule has 0 amide bonds. The normalized spacial score (nSPS) is 20.7. The molecule has 0 bridgehead atoms. The van der Waals surface area contributed by atoms with Crippen LogP contribution >= 0.6 is 15.9 Å². The Balaban J connectivity index is 2.37. The van der Waals surface area contributed by atoms with Gasteiger partial charge in [0.15, 0.2) is 0 Å². The van der Waals surface area contributed by atoms with Crippen molar-refractivity contribution in [1.82, 2.24) is 0 Å². The predicted octanol–water partition coefficient (Wildman–Crippen LogP) is 2.67. The van der Waals surface area contributed by atoms with Gasteiger partial charge in [-0.25, -0.2) is 0 Å². The summed E-state index contributed by atoms with van der Waals surface area (Å²) in [7, 11) is 0. The average Bonchev–Trinajstić information content (AvgIpc) is 2.05. The first kappa shape index (κ1) is 7.92. The highest BCUT2D eigenvalue weighted by Crippen LogP contribution is 2.28. The summed E-state index contributed by atoms with van der Waals surface area (Å²) in [6.45, 7) is 3.15. The zero-order valence-corrected chi connectivity index (χ0v) is 8.48. The highest BCUT2D eigenvalue weighted by Gasteiger charge is 2.12. The summed E-state index contributed by atoms with van der Waals surface area (Å²) in [6, 6.07) is 6.74. The average molecular weight is 227 g/mol. The van der Waals surface area contributed by atoms with Gasteiger partial charge < -0.3 is 10.6 Å². The number of hydrogen-bond donors (Lipinski definition) is 2. The molecule has 3 heteroatoms. The van der Waals surface area contributed by atoms with Crippen LogP contribution < -0.4 is 10.6 Å². The molecule has 2 rings (SSSR count). The molecule has 1 unspecified atom stereocenters. The number of halogens is 1. The van der Waals surface area contributed by atoms with Crippen molar-refractivity contribution in [3.05, 3.63) is 22.7 Å². The highest BCUT2D eigenvalue weighted by atomic mass is 79.9. The predicted molar refractivity (Wildman–Crippen MR) is 55.7 cm³/mol. The molecule has 0 aromatic heterocycles. The quantitative estimate of drug-likeness (QED) is 0.711. The van der Waals surface area contributed by atoms with Gasteiger partial charge in [-0.3, -0.25) is 0 Å². The van der Waals surface area contributed by atoms with Gasteiger partial charge >= 0.3 is 0 Å². The number of hydrogen-bond acceptors (Lipinski definition) is 2. The Kier molecular flexibility index (Phi) is 1.97. The molecule has 1 atom stereocenters. The maximum Gasteiger partial charge on any atom is 0.0588 e. The van der Waals surface area contributed by atoms with E-state index in [1.54, 1.807) is 0 Å². The van der Waals surface area contributed by atoms with Crippen LogP contribution in [0.2, 0.25) is 0 Å². The van der Waals surface area contributed by atoms with Gasteiger partial charge in [-0.15, -0.1) is 0 Å². The minimum atomic E-state index is 0.513. The topological polar surface area (TPSA) is 24.1 Å². The Hall–Kier alpha value is -0.700. The lowest BCUT2D eigenvalue weighted by Crippen LogP contribution is -2.29. The first-order valence-corrected chi connectivity index (χ1v) is 4.85. The van der Waals surface area contributed by atoms with Gasteiger partial charge in [-0.05, 0) is 25.1 Å². The fourth-order valence-electron chi connectivity index (χ4n) is 1.37. The SMILES string of the molecule is CC1CNc2cc(Br)ccc2N1. The fourth-order valence-corrected chi connectivity index (χ4v) is 1.73. The molecule has 1 aliphatic rings. The Labute approximate surface area is 80.5 Å². The molecule has 64 valence electrons. The van der Waals surface area contributed by atoms with Crippen molar-refractivity contribution in [3.8, 4) is 0 Å². The van der Waals surface area contributed by atoms with Crippen molar-refractivity contribution in [1.29, 1.82) is 0 Å². The Morgan fingerprint density at radius 1 is 1.42 bits per heavy atom. The van der Waals surface area contributed by atoms with E-state index in [1.807, 2.05) is 6.07 Å². The summed E-state index contributed by atoms with van der Waals surface area (Å²) in [5.74, 6) is 0. The van der Waals surface area contributed by atoms with Crippen molar-refractivity contribution in [2.75, 3.05) is 17.2 Å². The van der Waals surface area contributed by atoms with E-state index in [1.165, 1.54) is 11.4 Å². The lowest BCUT2D eigenvalue weighted by atomic mass is 10.2. The third-order valence-electron chi connectivity index (χ3n) is 1.98. The summed E-state index contributed by atoms with van der Waals surface area (Å²) < 4.78 is 1.12. The molecule has 0 spiro atoms. The van der Waals surface area contributed by atoms with E-state index in [-0.39, 0.29) is 0 Å². The molecule has 1 aromatic rings. The zero-order chi connectivity index (χ0) is 8.55. The molecule has 0 fully saturated rings. The van der Waals surface area contributed by atoms with Crippen LogP contribution in [0, 0.1) is 0 Å². The Bertz CT molecular complexity index is 299. The molecule has 2 nitrogen and oxygen atoms in total. The summed E-state index contributed by atoms with van der Waals surface area (Å²) in [5.41, 5.74) is 2.37. The molecule has 0 aliphatic carbocycles. The largest absolute Gasteiger partial charge is 0.381 e. The second-order valence-corrected chi connectivity index (χ2v) is 4.03. The van der Waals surface area contributed by atoms with Crippen LogP contribution in [-0.2, 0) is 0 Å². The van der Waals surface area contributed by atoms with Gasteiger partial charge in [-0.2, -0.15) is 0 Å². The molecule has 12 heavy (non-hydrogen) atoms. The summed E-state index contributed by atoms with van der Waals surface area (Å²) in [5, 5.41) is 6.76. The number of fused-ring (bicyclic) bond motifs is 1. The molecule has 2 N–H and O–H groups in total. The van der Waals surface area contributed by atoms with Crippen molar-refractivity contribution < 1.29 is 0 Å². The zero-order valence-electron chi connectivity index (χ0n) is 6.89. The molecule has 0 radical (unpaired) electrons. The summed E-state index contributed by atoms with van der Waals surface area (Å²) in [4.78, 5) is 0. The monoisotopic (exact) mass is 226 g/mol. The second kappa shape index (κ2) is 2.98. The van der Waals surface area contributed by atoms with E-state index < -0.39 is 0 Å². The smallest absolute Gasteiger partial charge is 0.0588 e. The Morgan fingerprint density at radius 2 is 2.25 bits per heavy atom. The third-order valence-corrected chi connectivity index (χ3v) is 2.48. The van der Waals surface area contributed by atoms with Gasteiger partial charge in [0.2, 0.25) is 0 Å². The molecule has 1 aromatic carbocycles. The Morgan fingerprint density at radius 3 is 3.08 bits per heavy atom. The lowest BCUT2D eigenvalue weighted by molar-refractivity contribution is 0.818. The van der Waals surface area contributed by atoms with E-state index in [9.17, 15) is 0 Å². The van der Waals surface area contributed by atoms with Gasteiger partial charge in [0, 0.05) is 17.1 Å².